The van der Waals surface area contributed by atoms with Crippen molar-refractivity contribution in [1.29, 1.82) is 0 Å². The molecule has 0 unspecified atom stereocenters. The molecule has 0 N–H and O–H groups in total. The van der Waals surface area contributed by atoms with Crippen molar-refractivity contribution < 1.29 is 29.6 Å². The summed E-state index contributed by atoms with van der Waals surface area (Å²) in [5.74, 6) is 0. The van der Waals surface area contributed by atoms with Crippen LogP contribution >= 0.6 is 12.2 Å². The summed E-state index contributed by atoms with van der Waals surface area (Å²) in [6.45, 7) is 0.833. The molecule has 0 aliphatic carbocycles. The monoisotopic (exact) mass is 234 g/mol. The third kappa shape index (κ3) is 5.22. The van der Waals surface area contributed by atoms with Gasteiger partial charge in [0.25, 0.3) is 0 Å². The second-order valence-electron chi connectivity index (χ2n) is 2.76. The van der Waals surface area contributed by atoms with Crippen LogP contribution < -0.4 is 29.6 Å². The Hall–Kier alpha value is 0.260. The van der Waals surface area contributed by atoms with E-state index < -0.39 is 0 Å². The Morgan fingerprint density at radius 1 is 1.57 bits per heavy atom. The summed E-state index contributed by atoms with van der Waals surface area (Å²) < 4.78 is 0.510. The summed E-state index contributed by atoms with van der Waals surface area (Å²) in [6.07, 6.45) is 2.68. The van der Waals surface area contributed by atoms with Gasteiger partial charge in [-0.2, -0.15) is 0 Å². The maximum Gasteiger partial charge on any atom is 1.00 e. The molecule has 70 valence electrons. The number of likely N-dealkylation sites (N-methyl/N-ethyl adjacent to an activating group) is 1. The van der Waals surface area contributed by atoms with Gasteiger partial charge in [0.1, 0.15) is 0 Å². The fourth-order valence-electron chi connectivity index (χ4n) is 0.920. The van der Waals surface area contributed by atoms with Crippen LogP contribution in [-0.2, 0) is 19.0 Å². The largest absolute Gasteiger partial charge is 1.00 e. The zero-order chi connectivity index (χ0) is 9.68. The van der Waals surface area contributed by atoms with Gasteiger partial charge in [-0.1, -0.05) is 10.4 Å². The Morgan fingerprint density at radius 2 is 2.29 bits per heavy atom. The molecule has 0 bridgehead atoms. The maximum absolute atomic E-state index is 4.85. The maximum atomic E-state index is 4.85. The quantitative estimate of drug-likeness (QED) is 0.355. The topological polar surface area (TPSA) is 16.1 Å². The first kappa shape index (κ1) is 14.3. The molecule has 0 amide bonds. The molecule has 0 saturated carbocycles. The van der Waals surface area contributed by atoms with Gasteiger partial charge in [-0.15, -0.1) is 0 Å². The minimum Gasteiger partial charge on any atom is -0.411 e. The number of nitrogens with zero attached hydrogens (tertiary/aromatic N) is 2. The fourth-order valence-corrected chi connectivity index (χ4v) is 1.10. The van der Waals surface area contributed by atoms with E-state index in [-0.39, 0.29) is 29.6 Å². The van der Waals surface area contributed by atoms with E-state index in [9.17, 15) is 0 Å². The third-order valence-corrected chi connectivity index (χ3v) is 2.36. The smallest absolute Gasteiger partial charge is 0.411 e. The van der Waals surface area contributed by atoms with Gasteiger partial charge >= 0.3 is 29.6 Å². The second-order valence-corrected chi connectivity index (χ2v) is 3.79. The molecule has 0 atom stereocenters. The van der Waals surface area contributed by atoms with Gasteiger partial charge in [0.05, 0.1) is 0 Å². The van der Waals surface area contributed by atoms with E-state index in [1.54, 1.807) is 6.20 Å². The van der Waals surface area contributed by atoms with E-state index in [0.29, 0.717) is 4.32 Å². The molecule has 1 aromatic heterocycles. The molecule has 0 aliphatic heterocycles. The van der Waals surface area contributed by atoms with E-state index in [1.807, 2.05) is 30.1 Å². The number of rotatable bonds is 3. The van der Waals surface area contributed by atoms with E-state index in [2.05, 4.69) is 4.98 Å². The Bertz CT molecular complexity index is 279. The van der Waals surface area contributed by atoms with Crippen LogP contribution in [0.1, 0.15) is 5.69 Å². The summed E-state index contributed by atoms with van der Waals surface area (Å²) in [6, 6.07) is 5.89. The summed E-state index contributed by atoms with van der Waals surface area (Å²) in [5.41, 5.74) is 1.07. The summed E-state index contributed by atoms with van der Waals surface area (Å²) in [7, 11) is 1.90. The Labute approximate surface area is 118 Å². The molecule has 1 heterocycles. The molecule has 1 rings (SSSR count). The minimum atomic E-state index is 0. The normalized spacial score (nSPS) is 8.93. The van der Waals surface area contributed by atoms with Crippen molar-refractivity contribution in [3.8, 4) is 0 Å². The number of thiocarbonyl (C=S) groups is 1. The zero-order valence-corrected chi connectivity index (χ0v) is 12.1. The van der Waals surface area contributed by atoms with Crippen molar-refractivity contribution in [2.24, 2.45) is 0 Å². The standard InChI is InChI=1S/C9H12N2S2.Na/c1-11(9(12)13)7-5-8-4-2-3-6-10-8;/h2-4,6H,5,7H2,1H3,(H,12,13);/q;+1/p-1. The van der Waals surface area contributed by atoms with Gasteiger partial charge in [-0.25, -0.2) is 0 Å². The molecule has 2 nitrogen and oxygen atoms in total. The van der Waals surface area contributed by atoms with Crippen LogP contribution in [0.4, 0.5) is 0 Å². The Morgan fingerprint density at radius 3 is 2.79 bits per heavy atom. The molecule has 1 aromatic rings. The van der Waals surface area contributed by atoms with Crippen molar-refractivity contribution in [2.75, 3.05) is 13.6 Å². The predicted molar refractivity (Wildman–Crippen MR) is 60.5 cm³/mol. The molecule has 0 spiro atoms. The van der Waals surface area contributed by atoms with Crippen LogP contribution in [0.25, 0.3) is 0 Å². The van der Waals surface area contributed by atoms with Crippen LogP contribution in [0.3, 0.4) is 0 Å². The molecule has 0 aliphatic rings. The molecule has 5 heteroatoms. The predicted octanol–water partition coefficient (Wildman–Crippen LogP) is -1.61. The van der Waals surface area contributed by atoms with Crippen LogP contribution in [-0.4, -0.2) is 27.8 Å². The van der Waals surface area contributed by atoms with E-state index in [4.69, 9.17) is 24.8 Å². The molecular formula is C9H11N2NaS2. The molecule has 14 heavy (non-hydrogen) atoms. The van der Waals surface area contributed by atoms with Crippen molar-refractivity contribution in [2.45, 2.75) is 6.42 Å². The zero-order valence-electron chi connectivity index (χ0n) is 8.43. The number of hydrogen-bond donors (Lipinski definition) is 0. The van der Waals surface area contributed by atoms with Crippen molar-refractivity contribution in [3.05, 3.63) is 30.1 Å². The summed E-state index contributed by atoms with van der Waals surface area (Å²) in [4.78, 5) is 6.08. The van der Waals surface area contributed by atoms with Crippen LogP contribution in [0, 0.1) is 0 Å². The van der Waals surface area contributed by atoms with Crippen LogP contribution in [0.15, 0.2) is 24.4 Å². The molecule has 0 saturated heterocycles. The van der Waals surface area contributed by atoms with E-state index >= 15 is 0 Å². The van der Waals surface area contributed by atoms with E-state index in [1.165, 1.54) is 0 Å². The summed E-state index contributed by atoms with van der Waals surface area (Å²) in [5, 5.41) is 0. The first-order chi connectivity index (χ1) is 6.20. The molecule has 0 aromatic carbocycles. The van der Waals surface area contributed by atoms with Gasteiger partial charge < -0.3 is 29.7 Å². The number of aromatic nitrogens is 1. The number of pyridine rings is 1. The first-order valence-corrected chi connectivity index (χ1v) is 4.84. The van der Waals surface area contributed by atoms with Crippen LogP contribution in [0.5, 0.6) is 0 Å². The average Bonchev–Trinajstić information content (AvgIpc) is 2.15. The van der Waals surface area contributed by atoms with Crippen molar-refractivity contribution in [1.82, 2.24) is 9.88 Å². The Kier molecular flexibility index (Phi) is 7.68. The van der Waals surface area contributed by atoms with Crippen LogP contribution in [0.2, 0.25) is 0 Å². The van der Waals surface area contributed by atoms with Gasteiger partial charge in [-0.3, -0.25) is 4.98 Å². The molecule has 0 fully saturated rings. The van der Waals surface area contributed by atoms with Crippen molar-refractivity contribution in [3.63, 3.8) is 0 Å². The summed E-state index contributed by atoms with van der Waals surface area (Å²) >= 11 is 9.71. The first-order valence-electron chi connectivity index (χ1n) is 4.02. The Balaban J connectivity index is 0.00000169. The third-order valence-electron chi connectivity index (χ3n) is 1.74. The minimum absolute atomic E-state index is 0. The van der Waals surface area contributed by atoms with Crippen molar-refractivity contribution >= 4 is 29.2 Å². The fraction of sp³-hybridized carbons (Fsp3) is 0.333. The number of hydrogen-bond acceptors (Lipinski definition) is 3. The second kappa shape index (κ2) is 7.54. The SMILES string of the molecule is CN(CCc1ccccn1)C(=S)[S-].[Na+]. The average molecular weight is 234 g/mol. The van der Waals surface area contributed by atoms with Gasteiger partial charge in [0, 0.05) is 31.9 Å². The van der Waals surface area contributed by atoms with E-state index in [0.717, 1.165) is 18.7 Å². The van der Waals surface area contributed by atoms with Gasteiger partial charge in [0.15, 0.2) is 0 Å². The van der Waals surface area contributed by atoms with Gasteiger partial charge in [0.2, 0.25) is 0 Å². The molecule has 0 radical (unpaired) electrons. The van der Waals surface area contributed by atoms with Gasteiger partial charge in [-0.05, 0) is 12.1 Å². The molecular weight excluding hydrogens is 223 g/mol.